The standard InChI is InChI=1S/C18H26N6O2/c1-12-11-13(2)24-16(20-21-18(24)19-12)17(26)23-9-7-22(8-10-23)14-5-3-4-6-15(14)25/h11,14-15,25H,3-10H2,1-2H3/t14-,15-/m1/s1. The van der Waals surface area contributed by atoms with Crippen LogP contribution in [0.3, 0.4) is 0 Å². The van der Waals surface area contributed by atoms with E-state index in [-0.39, 0.29) is 18.1 Å². The van der Waals surface area contributed by atoms with Gasteiger partial charge in [-0.25, -0.2) is 4.98 Å². The zero-order valence-electron chi connectivity index (χ0n) is 15.4. The highest BCUT2D eigenvalue weighted by atomic mass is 16.3. The van der Waals surface area contributed by atoms with Gasteiger partial charge in [0.05, 0.1) is 6.10 Å². The maximum absolute atomic E-state index is 13.0. The van der Waals surface area contributed by atoms with Crippen molar-refractivity contribution in [3.8, 4) is 0 Å². The van der Waals surface area contributed by atoms with E-state index in [2.05, 4.69) is 20.1 Å². The number of hydrogen-bond donors (Lipinski definition) is 1. The van der Waals surface area contributed by atoms with Crippen LogP contribution in [-0.2, 0) is 0 Å². The Hall–Kier alpha value is -2.06. The largest absolute Gasteiger partial charge is 0.391 e. The second-order valence-corrected chi connectivity index (χ2v) is 7.45. The van der Waals surface area contributed by atoms with E-state index in [0.29, 0.717) is 24.7 Å². The molecule has 2 fully saturated rings. The van der Waals surface area contributed by atoms with E-state index >= 15 is 0 Å². The second-order valence-electron chi connectivity index (χ2n) is 7.45. The number of aromatic nitrogens is 4. The fraction of sp³-hybridized carbons (Fsp3) is 0.667. The number of rotatable bonds is 2. The van der Waals surface area contributed by atoms with Crippen molar-refractivity contribution in [2.75, 3.05) is 26.2 Å². The summed E-state index contributed by atoms with van der Waals surface area (Å²) in [5, 5.41) is 18.4. The maximum Gasteiger partial charge on any atom is 0.292 e. The van der Waals surface area contributed by atoms with Crippen LogP contribution in [0.4, 0.5) is 0 Å². The van der Waals surface area contributed by atoms with Gasteiger partial charge >= 0.3 is 0 Å². The summed E-state index contributed by atoms with van der Waals surface area (Å²) in [6.45, 7) is 6.72. The minimum atomic E-state index is -0.233. The molecule has 0 bridgehead atoms. The lowest BCUT2D eigenvalue weighted by molar-refractivity contribution is -0.00197. The minimum absolute atomic E-state index is 0.102. The SMILES string of the molecule is Cc1cc(C)n2c(C(=O)N3CCN([C@@H]4CCCC[C@H]4O)CC3)nnc2n1. The normalized spacial score (nSPS) is 25.0. The number of aliphatic hydroxyl groups excluding tert-OH is 1. The quantitative estimate of drug-likeness (QED) is 0.855. The van der Waals surface area contributed by atoms with Gasteiger partial charge in [-0.3, -0.25) is 14.1 Å². The van der Waals surface area contributed by atoms with Gasteiger partial charge in [-0.15, -0.1) is 10.2 Å². The molecule has 0 spiro atoms. The van der Waals surface area contributed by atoms with E-state index in [9.17, 15) is 9.90 Å². The number of fused-ring (bicyclic) bond motifs is 1. The molecule has 0 aromatic carbocycles. The van der Waals surface area contributed by atoms with E-state index < -0.39 is 0 Å². The molecule has 1 aliphatic heterocycles. The second kappa shape index (κ2) is 6.92. The van der Waals surface area contributed by atoms with Gasteiger partial charge in [-0.2, -0.15) is 0 Å². The highest BCUT2D eigenvalue weighted by Gasteiger charge is 2.33. The lowest BCUT2D eigenvalue weighted by Gasteiger charge is -2.42. The lowest BCUT2D eigenvalue weighted by Crippen LogP contribution is -2.55. The Labute approximate surface area is 152 Å². The van der Waals surface area contributed by atoms with Crippen LogP contribution in [0.1, 0.15) is 47.7 Å². The average Bonchev–Trinajstić information content (AvgIpc) is 3.06. The molecular formula is C18H26N6O2. The Morgan fingerprint density at radius 1 is 1.12 bits per heavy atom. The molecule has 2 atom stereocenters. The number of carbonyl (C=O) groups excluding carboxylic acids is 1. The number of hydrogen-bond acceptors (Lipinski definition) is 6. The molecule has 1 amide bonds. The van der Waals surface area contributed by atoms with Crippen molar-refractivity contribution in [1.29, 1.82) is 0 Å². The topological polar surface area (TPSA) is 86.9 Å². The fourth-order valence-corrected chi connectivity index (χ4v) is 4.28. The third-order valence-corrected chi connectivity index (χ3v) is 5.65. The average molecular weight is 358 g/mol. The molecule has 1 saturated heterocycles. The Bertz CT molecular complexity index is 811. The van der Waals surface area contributed by atoms with Crippen LogP contribution in [0.15, 0.2) is 6.07 Å². The number of piperazine rings is 1. The van der Waals surface area contributed by atoms with Crippen molar-refractivity contribution >= 4 is 11.7 Å². The van der Waals surface area contributed by atoms with Crippen LogP contribution in [0.2, 0.25) is 0 Å². The molecule has 1 N–H and O–H groups in total. The molecule has 3 heterocycles. The Kier molecular flexibility index (Phi) is 4.62. The van der Waals surface area contributed by atoms with Crippen LogP contribution in [0, 0.1) is 13.8 Å². The molecule has 140 valence electrons. The van der Waals surface area contributed by atoms with Gasteiger partial charge in [0, 0.05) is 43.6 Å². The number of aryl methyl sites for hydroxylation is 2. The molecule has 1 saturated carbocycles. The van der Waals surface area contributed by atoms with E-state index in [1.165, 1.54) is 6.42 Å². The molecule has 2 aliphatic rings. The van der Waals surface area contributed by atoms with Gasteiger partial charge in [0.1, 0.15) is 0 Å². The van der Waals surface area contributed by atoms with Crippen molar-refractivity contribution < 1.29 is 9.90 Å². The summed E-state index contributed by atoms with van der Waals surface area (Å²) in [5.74, 6) is 0.695. The smallest absolute Gasteiger partial charge is 0.292 e. The van der Waals surface area contributed by atoms with E-state index in [0.717, 1.165) is 43.7 Å². The number of aliphatic hydroxyl groups is 1. The minimum Gasteiger partial charge on any atom is -0.391 e. The lowest BCUT2D eigenvalue weighted by atomic mass is 9.91. The van der Waals surface area contributed by atoms with E-state index in [1.807, 2.05) is 24.8 Å². The fourth-order valence-electron chi connectivity index (χ4n) is 4.28. The number of carbonyl (C=O) groups is 1. The van der Waals surface area contributed by atoms with E-state index in [4.69, 9.17) is 0 Å². The summed E-state index contributed by atoms with van der Waals surface area (Å²) in [5.41, 5.74) is 1.77. The summed E-state index contributed by atoms with van der Waals surface area (Å²) in [4.78, 5) is 21.5. The Morgan fingerprint density at radius 2 is 1.85 bits per heavy atom. The van der Waals surface area contributed by atoms with Gasteiger partial charge in [0.15, 0.2) is 0 Å². The maximum atomic E-state index is 13.0. The molecule has 0 unspecified atom stereocenters. The first-order chi connectivity index (χ1) is 12.5. The third kappa shape index (κ3) is 3.07. The zero-order valence-corrected chi connectivity index (χ0v) is 15.4. The summed E-state index contributed by atoms with van der Waals surface area (Å²) in [6.07, 6.45) is 4.00. The Morgan fingerprint density at radius 3 is 2.58 bits per heavy atom. The van der Waals surface area contributed by atoms with Crippen molar-refractivity contribution in [3.63, 3.8) is 0 Å². The van der Waals surface area contributed by atoms with Crippen LogP contribution in [0.25, 0.3) is 5.78 Å². The highest BCUT2D eigenvalue weighted by molar-refractivity contribution is 5.91. The Balaban J connectivity index is 1.47. The number of nitrogens with zero attached hydrogens (tertiary/aromatic N) is 6. The first-order valence-electron chi connectivity index (χ1n) is 9.45. The summed E-state index contributed by atoms with van der Waals surface area (Å²) >= 11 is 0. The van der Waals surface area contributed by atoms with Gasteiger partial charge in [-0.05, 0) is 32.8 Å². The molecule has 8 nitrogen and oxygen atoms in total. The molecular weight excluding hydrogens is 332 g/mol. The summed E-state index contributed by atoms with van der Waals surface area (Å²) in [7, 11) is 0. The van der Waals surface area contributed by atoms with Gasteiger partial charge in [0.2, 0.25) is 5.82 Å². The first-order valence-corrected chi connectivity index (χ1v) is 9.45. The predicted octanol–water partition coefficient (Wildman–Crippen LogP) is 0.802. The van der Waals surface area contributed by atoms with Crippen molar-refractivity contribution in [3.05, 3.63) is 23.3 Å². The van der Waals surface area contributed by atoms with Crippen molar-refractivity contribution in [2.45, 2.75) is 51.7 Å². The predicted molar refractivity (Wildman–Crippen MR) is 96.0 cm³/mol. The molecule has 0 radical (unpaired) electrons. The molecule has 8 heteroatoms. The van der Waals surface area contributed by atoms with Gasteiger partial charge in [0.25, 0.3) is 11.7 Å². The number of amides is 1. The summed E-state index contributed by atoms with van der Waals surface area (Å²) < 4.78 is 1.73. The first kappa shape index (κ1) is 17.4. The van der Waals surface area contributed by atoms with Crippen LogP contribution >= 0.6 is 0 Å². The highest BCUT2D eigenvalue weighted by Crippen LogP contribution is 2.24. The monoisotopic (exact) mass is 358 g/mol. The van der Waals surface area contributed by atoms with Gasteiger partial charge in [-0.1, -0.05) is 12.8 Å². The summed E-state index contributed by atoms with van der Waals surface area (Å²) in [6, 6.07) is 2.17. The van der Waals surface area contributed by atoms with Crippen LogP contribution < -0.4 is 0 Å². The van der Waals surface area contributed by atoms with Crippen LogP contribution in [0.5, 0.6) is 0 Å². The van der Waals surface area contributed by atoms with Gasteiger partial charge < -0.3 is 10.0 Å². The molecule has 1 aliphatic carbocycles. The molecule has 2 aromatic rings. The van der Waals surface area contributed by atoms with Crippen molar-refractivity contribution in [1.82, 2.24) is 29.4 Å². The zero-order chi connectivity index (χ0) is 18.3. The molecule has 26 heavy (non-hydrogen) atoms. The third-order valence-electron chi connectivity index (χ3n) is 5.65. The molecule has 2 aromatic heterocycles. The van der Waals surface area contributed by atoms with Crippen molar-refractivity contribution in [2.24, 2.45) is 0 Å². The van der Waals surface area contributed by atoms with Crippen LogP contribution in [-0.4, -0.2) is 78.7 Å². The molecule has 4 rings (SSSR count). The van der Waals surface area contributed by atoms with E-state index in [1.54, 1.807) is 4.40 Å².